The summed E-state index contributed by atoms with van der Waals surface area (Å²) in [6.45, 7) is 5.11. The monoisotopic (exact) mass is 366 g/mol. The fraction of sp³-hybridized carbons (Fsp3) is 0.429. The highest BCUT2D eigenvalue weighted by Gasteiger charge is 2.28. The summed E-state index contributed by atoms with van der Waals surface area (Å²) in [5, 5.41) is 3.01. The zero-order chi connectivity index (χ0) is 19.2. The van der Waals surface area contributed by atoms with Crippen molar-refractivity contribution in [3.8, 4) is 11.3 Å². The van der Waals surface area contributed by atoms with Crippen LogP contribution in [0.25, 0.3) is 11.3 Å². The van der Waals surface area contributed by atoms with E-state index in [1.165, 1.54) is 0 Å². The highest BCUT2D eigenvalue weighted by atomic mass is 16.2. The summed E-state index contributed by atoms with van der Waals surface area (Å²) in [5.74, 6) is 0.668. The first-order chi connectivity index (χ1) is 13.1. The van der Waals surface area contributed by atoms with E-state index in [0.717, 1.165) is 42.8 Å². The molecule has 2 heterocycles. The molecule has 142 valence electrons. The predicted octanol–water partition coefficient (Wildman–Crippen LogP) is 3.43. The Hall–Kier alpha value is -2.76. The number of rotatable bonds is 5. The molecule has 6 heteroatoms. The second-order valence-corrected chi connectivity index (χ2v) is 6.99. The third-order valence-electron chi connectivity index (χ3n) is 4.81. The summed E-state index contributed by atoms with van der Waals surface area (Å²) in [6, 6.07) is 9.51. The molecule has 2 aromatic rings. The van der Waals surface area contributed by atoms with Gasteiger partial charge in [0.1, 0.15) is 5.82 Å². The summed E-state index contributed by atoms with van der Waals surface area (Å²) in [6.07, 6.45) is 4.80. The van der Waals surface area contributed by atoms with E-state index in [-0.39, 0.29) is 17.7 Å². The van der Waals surface area contributed by atoms with Crippen molar-refractivity contribution >= 4 is 17.5 Å². The van der Waals surface area contributed by atoms with Gasteiger partial charge in [0, 0.05) is 37.0 Å². The van der Waals surface area contributed by atoms with Crippen molar-refractivity contribution in [2.75, 3.05) is 18.4 Å². The van der Waals surface area contributed by atoms with E-state index in [9.17, 15) is 9.59 Å². The van der Waals surface area contributed by atoms with E-state index >= 15 is 0 Å². The van der Waals surface area contributed by atoms with Gasteiger partial charge in [-0.2, -0.15) is 0 Å². The van der Waals surface area contributed by atoms with E-state index in [1.54, 1.807) is 6.20 Å². The molecule has 0 aliphatic carbocycles. The number of amides is 2. The minimum absolute atomic E-state index is 0.0278. The van der Waals surface area contributed by atoms with Gasteiger partial charge in [-0.15, -0.1) is 0 Å². The molecular weight excluding hydrogens is 340 g/mol. The van der Waals surface area contributed by atoms with Crippen molar-refractivity contribution in [2.45, 2.75) is 39.5 Å². The standard InChI is InChI=1S/C21H26N4O2/c1-3-6-20(26)25-12-5-8-17(14-25)21(27)24-18-9-4-7-16(13-18)19-10-11-22-15(2)23-19/h4,7,9-11,13,17H,3,5-6,8,12,14H2,1-2H3,(H,24,27)/t17-/m1/s1. The fourth-order valence-corrected chi connectivity index (χ4v) is 3.41. The SMILES string of the molecule is CCCC(=O)N1CCC[C@@H](C(=O)Nc2cccc(-c3ccnc(C)n3)c2)C1. The van der Waals surface area contributed by atoms with Crippen LogP contribution in [0.3, 0.4) is 0 Å². The van der Waals surface area contributed by atoms with Crippen LogP contribution >= 0.6 is 0 Å². The Morgan fingerprint density at radius 1 is 1.30 bits per heavy atom. The van der Waals surface area contributed by atoms with Crippen molar-refractivity contribution in [1.29, 1.82) is 0 Å². The van der Waals surface area contributed by atoms with Crippen LogP contribution in [0.5, 0.6) is 0 Å². The molecule has 27 heavy (non-hydrogen) atoms. The molecule has 0 bridgehead atoms. The van der Waals surface area contributed by atoms with Gasteiger partial charge >= 0.3 is 0 Å². The summed E-state index contributed by atoms with van der Waals surface area (Å²) >= 11 is 0. The maximum atomic E-state index is 12.7. The number of carbonyl (C=O) groups is 2. The largest absolute Gasteiger partial charge is 0.342 e. The zero-order valence-corrected chi connectivity index (χ0v) is 15.9. The van der Waals surface area contributed by atoms with Gasteiger partial charge in [-0.1, -0.05) is 19.1 Å². The molecule has 0 unspecified atom stereocenters. The number of anilines is 1. The van der Waals surface area contributed by atoms with Gasteiger partial charge in [-0.25, -0.2) is 9.97 Å². The normalized spacial score (nSPS) is 16.8. The first kappa shape index (κ1) is 19.0. The molecule has 2 amide bonds. The lowest BCUT2D eigenvalue weighted by Crippen LogP contribution is -2.43. The third-order valence-corrected chi connectivity index (χ3v) is 4.81. The first-order valence-electron chi connectivity index (χ1n) is 9.55. The van der Waals surface area contributed by atoms with E-state index in [4.69, 9.17) is 0 Å². The second kappa shape index (κ2) is 8.75. The third kappa shape index (κ3) is 4.90. The second-order valence-electron chi connectivity index (χ2n) is 6.99. The number of hydrogen-bond donors (Lipinski definition) is 1. The molecular formula is C21H26N4O2. The minimum atomic E-state index is -0.162. The Balaban J connectivity index is 1.67. The minimum Gasteiger partial charge on any atom is -0.342 e. The Morgan fingerprint density at radius 3 is 2.93 bits per heavy atom. The average molecular weight is 366 g/mol. The summed E-state index contributed by atoms with van der Waals surface area (Å²) < 4.78 is 0. The molecule has 0 spiro atoms. The number of aryl methyl sites for hydroxylation is 1. The highest BCUT2D eigenvalue weighted by molar-refractivity contribution is 5.93. The van der Waals surface area contributed by atoms with Crippen LogP contribution in [0.1, 0.15) is 38.4 Å². The van der Waals surface area contributed by atoms with Crippen LogP contribution < -0.4 is 5.32 Å². The number of likely N-dealkylation sites (tertiary alicyclic amines) is 1. The molecule has 1 aliphatic heterocycles. The predicted molar refractivity (Wildman–Crippen MR) is 105 cm³/mol. The average Bonchev–Trinajstić information content (AvgIpc) is 2.68. The smallest absolute Gasteiger partial charge is 0.229 e. The molecule has 1 atom stereocenters. The van der Waals surface area contributed by atoms with Gasteiger partial charge in [0.25, 0.3) is 0 Å². The molecule has 1 saturated heterocycles. The quantitative estimate of drug-likeness (QED) is 0.880. The van der Waals surface area contributed by atoms with Crippen molar-refractivity contribution in [3.63, 3.8) is 0 Å². The van der Waals surface area contributed by atoms with Crippen LogP contribution in [0.2, 0.25) is 0 Å². The number of benzene rings is 1. The van der Waals surface area contributed by atoms with E-state index in [2.05, 4.69) is 15.3 Å². The topological polar surface area (TPSA) is 75.2 Å². The molecule has 1 aliphatic rings. The molecule has 0 saturated carbocycles. The molecule has 1 aromatic carbocycles. The Kier molecular flexibility index (Phi) is 6.16. The molecule has 1 fully saturated rings. The molecule has 6 nitrogen and oxygen atoms in total. The summed E-state index contributed by atoms with van der Waals surface area (Å²) in [4.78, 5) is 35.2. The van der Waals surface area contributed by atoms with Gasteiger partial charge in [0.05, 0.1) is 11.6 Å². The Bertz CT molecular complexity index is 821. The van der Waals surface area contributed by atoms with E-state index in [0.29, 0.717) is 18.8 Å². The van der Waals surface area contributed by atoms with Crippen LogP contribution in [0, 0.1) is 12.8 Å². The van der Waals surface area contributed by atoms with Gasteiger partial charge in [-0.3, -0.25) is 9.59 Å². The number of aromatic nitrogens is 2. The zero-order valence-electron chi connectivity index (χ0n) is 15.9. The van der Waals surface area contributed by atoms with Crippen molar-refractivity contribution in [1.82, 2.24) is 14.9 Å². The van der Waals surface area contributed by atoms with Crippen LogP contribution in [0.4, 0.5) is 5.69 Å². The van der Waals surface area contributed by atoms with Crippen molar-refractivity contribution < 1.29 is 9.59 Å². The highest BCUT2D eigenvalue weighted by Crippen LogP contribution is 2.23. The van der Waals surface area contributed by atoms with E-state index < -0.39 is 0 Å². The number of hydrogen-bond acceptors (Lipinski definition) is 4. The summed E-state index contributed by atoms with van der Waals surface area (Å²) in [7, 11) is 0. The van der Waals surface area contributed by atoms with Crippen LogP contribution in [-0.2, 0) is 9.59 Å². The number of piperidine rings is 1. The molecule has 3 rings (SSSR count). The van der Waals surface area contributed by atoms with Gasteiger partial charge in [0.15, 0.2) is 0 Å². The maximum absolute atomic E-state index is 12.7. The lowest BCUT2D eigenvalue weighted by molar-refractivity contribution is -0.134. The molecule has 0 radical (unpaired) electrons. The fourth-order valence-electron chi connectivity index (χ4n) is 3.41. The van der Waals surface area contributed by atoms with Gasteiger partial charge < -0.3 is 10.2 Å². The van der Waals surface area contributed by atoms with Crippen molar-refractivity contribution in [3.05, 3.63) is 42.4 Å². The lowest BCUT2D eigenvalue weighted by Gasteiger charge is -2.32. The number of nitrogens with zero attached hydrogens (tertiary/aromatic N) is 3. The number of carbonyl (C=O) groups excluding carboxylic acids is 2. The Morgan fingerprint density at radius 2 is 2.15 bits per heavy atom. The van der Waals surface area contributed by atoms with Gasteiger partial charge in [-0.05, 0) is 44.4 Å². The number of nitrogens with one attached hydrogen (secondary N) is 1. The lowest BCUT2D eigenvalue weighted by atomic mass is 9.96. The molecule has 1 aromatic heterocycles. The van der Waals surface area contributed by atoms with Gasteiger partial charge in [0.2, 0.25) is 11.8 Å². The van der Waals surface area contributed by atoms with Crippen LogP contribution in [0.15, 0.2) is 36.5 Å². The van der Waals surface area contributed by atoms with E-state index in [1.807, 2.05) is 49.1 Å². The van der Waals surface area contributed by atoms with Crippen LogP contribution in [-0.4, -0.2) is 39.8 Å². The van der Waals surface area contributed by atoms with Crippen molar-refractivity contribution in [2.24, 2.45) is 5.92 Å². The summed E-state index contributed by atoms with van der Waals surface area (Å²) in [5.41, 5.74) is 2.50. The molecule has 1 N–H and O–H groups in total. The first-order valence-corrected chi connectivity index (χ1v) is 9.55. The maximum Gasteiger partial charge on any atom is 0.229 e. The Labute approximate surface area is 160 Å².